The van der Waals surface area contributed by atoms with Crippen molar-refractivity contribution >= 4 is 35.8 Å². The van der Waals surface area contributed by atoms with E-state index in [1.165, 1.54) is 0 Å². The SMILES string of the molecule is CC(C)(C)C(=O)[O-].CC(C)(C)C(=O)[O-].CC(C)(C)C(=O)[O-].CC(C)(C)C(=O)[O-].[2H]OC(=O)C(C)(C)C.[2H]OC(=O)C(C)(C)C.[2H]O[2H].[Co+2].[Co+2].c1ccncc1.c1ccncc1. The monoisotopic (exact) mass is 906 g/mol. The summed E-state index contributed by atoms with van der Waals surface area (Å²) in [5.74, 6) is -5.03. The van der Waals surface area contributed by atoms with Gasteiger partial charge in [0.2, 0.25) is 2.86 Å². The number of carboxylic acids is 6. The summed E-state index contributed by atoms with van der Waals surface area (Å²) >= 11 is 0. The van der Waals surface area contributed by atoms with Crippen LogP contribution in [-0.2, 0) is 62.3 Å². The summed E-state index contributed by atoms with van der Waals surface area (Å²) in [4.78, 5) is 68.1. The number of aliphatic carboxylic acids is 6. The first kappa shape index (κ1) is 62.3. The van der Waals surface area contributed by atoms with Gasteiger partial charge in [0, 0.05) is 70.3 Å². The Kier molecular flexibility index (Phi) is 38.5. The summed E-state index contributed by atoms with van der Waals surface area (Å²) in [5, 5.41) is 47.1. The number of carbonyl (C=O) groups is 6. The third-order valence-electron chi connectivity index (χ3n) is 4.81. The Morgan fingerprint density at radius 1 is 0.421 bits per heavy atom. The van der Waals surface area contributed by atoms with Gasteiger partial charge in [0.15, 0.2) is 0 Å². The molecule has 0 amide bonds. The van der Waals surface area contributed by atoms with Gasteiger partial charge in [0.05, 0.1) is 10.8 Å². The maximum atomic E-state index is 10.4. The van der Waals surface area contributed by atoms with E-state index in [1.54, 1.807) is 149 Å². The average Bonchev–Trinajstić information content (AvgIpc) is 3.09. The van der Waals surface area contributed by atoms with Crippen molar-refractivity contribution in [1.82, 2.24) is 9.97 Å². The van der Waals surface area contributed by atoms with Gasteiger partial charge in [-0.25, -0.2) is 0 Å². The van der Waals surface area contributed by atoms with Crippen molar-refractivity contribution in [3.05, 3.63) is 61.2 Å². The molecule has 0 atom stereocenters. The summed E-state index contributed by atoms with van der Waals surface area (Å²) in [6.45, 7) is 29.4. The molecule has 57 heavy (non-hydrogen) atoms. The molecular weight excluding hydrogens is 834 g/mol. The van der Waals surface area contributed by atoms with Crippen molar-refractivity contribution in [2.45, 2.75) is 125 Å². The minimum absolute atomic E-state index is 0. The average molecular weight is 907 g/mol. The Bertz CT molecular complexity index is 1180. The Hall–Kier alpha value is -3.91. The summed E-state index contributed by atoms with van der Waals surface area (Å²) in [5.41, 5.74) is -1.11. The number of pyridine rings is 2. The maximum absolute atomic E-state index is 10.4. The van der Waals surface area contributed by atoms with E-state index in [0.29, 0.717) is 0 Å². The normalized spacial score (nSPS) is 10.7. The number of carbonyl (C=O) groups excluding carboxylic acids is 4. The van der Waals surface area contributed by atoms with Crippen LogP contribution in [0.4, 0.5) is 0 Å². The molecule has 2 aromatic rings. The van der Waals surface area contributed by atoms with Crippen molar-refractivity contribution in [1.29, 1.82) is 5.72 Å². The van der Waals surface area contributed by atoms with Crippen LogP contribution in [0.3, 0.4) is 0 Å². The molecule has 0 fully saturated rings. The number of carboxylic acid groups (broad SMARTS) is 6. The van der Waals surface area contributed by atoms with E-state index in [1.807, 2.05) is 36.4 Å². The van der Waals surface area contributed by atoms with Crippen LogP contribution in [-0.4, -0.2) is 64.3 Å². The number of hydrogen-bond acceptors (Lipinski definition) is 14. The van der Waals surface area contributed by atoms with Gasteiger partial charge in [-0.15, -0.1) is 0 Å². The van der Waals surface area contributed by atoms with Gasteiger partial charge in [0.25, 0.3) is 2.86 Å². The summed E-state index contributed by atoms with van der Waals surface area (Å²) in [6, 6.07) is 11.4. The van der Waals surface area contributed by atoms with Gasteiger partial charge < -0.3 is 55.3 Å². The number of aromatic nitrogens is 2. The fourth-order valence-electron chi connectivity index (χ4n) is 0.625. The number of hydrogen-bond donors (Lipinski definition) is 2. The smallest absolute Gasteiger partial charge is 0.550 e. The molecule has 2 heterocycles. The van der Waals surface area contributed by atoms with Crippen molar-refractivity contribution in [2.75, 3.05) is 0 Å². The molecule has 0 bridgehead atoms. The molecule has 0 aliphatic carbocycles. The molecule has 2 radical (unpaired) electrons. The Morgan fingerprint density at radius 2 is 0.561 bits per heavy atom. The van der Waals surface area contributed by atoms with Gasteiger partial charge in [-0.3, -0.25) is 19.6 Å². The second-order valence-corrected chi connectivity index (χ2v) is 17.3. The van der Waals surface area contributed by atoms with Crippen LogP contribution in [0.25, 0.3) is 2.86 Å². The second-order valence-electron chi connectivity index (χ2n) is 17.3. The molecule has 0 aliphatic rings. The Labute approximate surface area is 367 Å². The van der Waals surface area contributed by atoms with Gasteiger partial charge in [-0.05, 0) is 65.8 Å². The van der Waals surface area contributed by atoms with E-state index < -0.39 is 68.3 Å². The zero-order valence-corrected chi connectivity index (χ0v) is 38.7. The fourth-order valence-corrected chi connectivity index (χ4v) is 0.625. The molecule has 17 heteroatoms. The predicted molar refractivity (Wildman–Crippen MR) is 204 cm³/mol. The Balaban J connectivity index is -0.0000000714. The van der Waals surface area contributed by atoms with Gasteiger partial charge in [0.1, 0.15) is 0 Å². The quantitative estimate of drug-likeness (QED) is 0.384. The van der Waals surface area contributed by atoms with E-state index in [4.69, 9.17) is 5.72 Å². The van der Waals surface area contributed by atoms with E-state index in [2.05, 4.69) is 25.7 Å². The molecule has 0 aromatic carbocycles. The molecule has 0 aliphatic heterocycles. The van der Waals surface area contributed by atoms with E-state index >= 15 is 0 Å². The molecular formula is C40H68Co2N2O13. The molecule has 0 saturated heterocycles. The third-order valence-corrected chi connectivity index (χ3v) is 4.81. The molecule has 0 spiro atoms. The van der Waals surface area contributed by atoms with E-state index in [-0.39, 0.29) is 33.6 Å². The van der Waals surface area contributed by atoms with Crippen LogP contribution in [0.1, 0.15) is 125 Å². The zero-order chi connectivity index (χ0) is 49.1. The molecule has 4 N–H and O–H groups in total. The fraction of sp³-hybridized carbons (Fsp3) is 0.600. The summed E-state index contributed by atoms with van der Waals surface area (Å²) in [7, 11) is 0. The minimum atomic E-state index is -1.01. The first-order valence-corrected chi connectivity index (χ1v) is 16.6. The summed E-state index contributed by atoms with van der Waals surface area (Å²) in [6.07, 6.45) is 7.00. The van der Waals surface area contributed by atoms with Gasteiger partial charge in [-0.2, -0.15) is 0 Å². The van der Waals surface area contributed by atoms with E-state index in [0.717, 1.165) is 0 Å². The maximum Gasteiger partial charge on any atom is 2.00 e. The third kappa shape index (κ3) is 67.2. The Morgan fingerprint density at radius 3 is 0.579 bits per heavy atom. The van der Waals surface area contributed by atoms with Crippen molar-refractivity contribution in [2.24, 2.45) is 32.5 Å². The number of rotatable bonds is 0. The molecule has 15 nitrogen and oxygen atoms in total. The van der Waals surface area contributed by atoms with E-state index in [9.17, 15) is 49.2 Å². The van der Waals surface area contributed by atoms with Gasteiger partial charge >= 0.3 is 45.5 Å². The topological polar surface area (TPSA) is 292 Å². The summed E-state index contributed by atoms with van der Waals surface area (Å²) < 4.78 is 23.2. The first-order chi connectivity index (χ1) is 26.2. The zero-order valence-electron chi connectivity index (χ0n) is 40.6. The second kappa shape index (κ2) is 35.3. The standard InChI is InChI=1S/2C5H5N.6C5H10O2.2Co.H2O/c2*1-2-4-6-5-3-1;6*1-5(2,3)4(6)7;;;/h2*1-5H;6*1-3H3,(H,6,7);;;1H2/q;;;;;;;;2*+2;/p-4/i/hD4. The molecule has 2 aromatic heterocycles. The van der Waals surface area contributed by atoms with Gasteiger partial charge in [-0.1, -0.05) is 95.2 Å². The van der Waals surface area contributed by atoms with Crippen LogP contribution in [0.5, 0.6) is 0 Å². The molecule has 334 valence electrons. The van der Waals surface area contributed by atoms with Crippen molar-refractivity contribution in [3.8, 4) is 0 Å². The first-order valence-electron chi connectivity index (χ1n) is 18.3. The molecule has 2 rings (SSSR count). The number of nitrogens with zero attached hydrogens (tertiary/aromatic N) is 2. The molecule has 0 saturated carbocycles. The van der Waals surface area contributed by atoms with Crippen molar-refractivity contribution < 1.29 is 98.4 Å². The van der Waals surface area contributed by atoms with Crippen LogP contribution in [0.15, 0.2) is 61.2 Å². The molecule has 0 unspecified atom stereocenters. The van der Waals surface area contributed by atoms with Crippen LogP contribution >= 0.6 is 0 Å². The van der Waals surface area contributed by atoms with Crippen LogP contribution < -0.4 is 20.4 Å². The minimum Gasteiger partial charge on any atom is -0.550 e. The largest absolute Gasteiger partial charge is 2.00 e. The van der Waals surface area contributed by atoms with Crippen LogP contribution in [0, 0.1) is 32.5 Å². The van der Waals surface area contributed by atoms with Crippen LogP contribution in [0.2, 0.25) is 0 Å². The van der Waals surface area contributed by atoms with Crippen molar-refractivity contribution in [3.63, 3.8) is 0 Å². The predicted octanol–water partition coefficient (Wildman–Crippen LogP) is 2.70.